The summed E-state index contributed by atoms with van der Waals surface area (Å²) in [5.74, 6) is -0.106. The molecule has 0 aliphatic carbocycles. The standard InChI is InChI=1S/C14H21N3O2/c1-11-2-3-12(13(15)10-11)14(18)16-4-5-17-6-8-19-9-7-17/h2-3,10H,4-9,15H2,1H3,(H,16,18). The van der Waals surface area contributed by atoms with E-state index in [1.165, 1.54) is 0 Å². The number of carbonyl (C=O) groups excluding carboxylic acids is 1. The molecule has 0 saturated carbocycles. The molecule has 1 fully saturated rings. The van der Waals surface area contributed by atoms with Gasteiger partial charge in [0.25, 0.3) is 5.91 Å². The molecule has 1 saturated heterocycles. The van der Waals surface area contributed by atoms with Gasteiger partial charge in [0.2, 0.25) is 0 Å². The van der Waals surface area contributed by atoms with Crippen molar-refractivity contribution >= 4 is 11.6 Å². The molecule has 104 valence electrons. The summed E-state index contributed by atoms with van der Waals surface area (Å²) in [6.07, 6.45) is 0. The molecule has 5 heteroatoms. The van der Waals surface area contributed by atoms with E-state index < -0.39 is 0 Å². The lowest BCUT2D eigenvalue weighted by Gasteiger charge is -2.26. The largest absolute Gasteiger partial charge is 0.398 e. The third-order valence-electron chi connectivity index (χ3n) is 3.27. The molecular weight excluding hydrogens is 242 g/mol. The first-order chi connectivity index (χ1) is 9.16. The molecule has 1 aliphatic rings. The molecule has 0 bridgehead atoms. The van der Waals surface area contributed by atoms with E-state index in [4.69, 9.17) is 10.5 Å². The van der Waals surface area contributed by atoms with Crippen molar-refractivity contribution in [3.05, 3.63) is 29.3 Å². The molecular formula is C14H21N3O2. The van der Waals surface area contributed by atoms with Crippen LogP contribution in [0.25, 0.3) is 0 Å². The van der Waals surface area contributed by atoms with Crippen molar-refractivity contribution in [2.75, 3.05) is 45.1 Å². The number of anilines is 1. The number of rotatable bonds is 4. The first-order valence-corrected chi connectivity index (χ1v) is 6.61. The summed E-state index contributed by atoms with van der Waals surface area (Å²) in [5.41, 5.74) is 7.99. The Hall–Kier alpha value is -1.59. The van der Waals surface area contributed by atoms with Crippen molar-refractivity contribution in [3.63, 3.8) is 0 Å². The Balaban J connectivity index is 1.80. The molecule has 0 radical (unpaired) electrons. The second-order valence-corrected chi connectivity index (χ2v) is 4.80. The predicted molar refractivity (Wildman–Crippen MR) is 75.2 cm³/mol. The highest BCUT2D eigenvalue weighted by atomic mass is 16.5. The normalized spacial score (nSPS) is 16.3. The van der Waals surface area contributed by atoms with Crippen LogP contribution >= 0.6 is 0 Å². The highest BCUT2D eigenvalue weighted by Crippen LogP contribution is 2.13. The summed E-state index contributed by atoms with van der Waals surface area (Å²) in [7, 11) is 0. The van der Waals surface area contributed by atoms with Crippen molar-refractivity contribution in [2.24, 2.45) is 0 Å². The van der Waals surface area contributed by atoms with E-state index in [2.05, 4.69) is 10.2 Å². The Morgan fingerprint density at radius 3 is 2.84 bits per heavy atom. The number of nitrogens with two attached hydrogens (primary N) is 1. The fourth-order valence-electron chi connectivity index (χ4n) is 2.14. The van der Waals surface area contributed by atoms with Gasteiger partial charge in [-0.3, -0.25) is 9.69 Å². The van der Waals surface area contributed by atoms with Gasteiger partial charge in [-0.05, 0) is 24.6 Å². The fraction of sp³-hybridized carbons (Fsp3) is 0.500. The Bertz CT molecular complexity index is 442. The fourth-order valence-corrected chi connectivity index (χ4v) is 2.14. The summed E-state index contributed by atoms with van der Waals surface area (Å²) < 4.78 is 5.28. The van der Waals surface area contributed by atoms with Crippen LogP contribution in [0, 0.1) is 6.92 Å². The number of nitrogen functional groups attached to an aromatic ring is 1. The summed E-state index contributed by atoms with van der Waals surface area (Å²) in [6, 6.07) is 5.48. The number of hydrogen-bond acceptors (Lipinski definition) is 4. The van der Waals surface area contributed by atoms with Gasteiger partial charge < -0.3 is 15.8 Å². The van der Waals surface area contributed by atoms with Crippen LogP contribution in [0.15, 0.2) is 18.2 Å². The molecule has 0 spiro atoms. The van der Waals surface area contributed by atoms with Crippen molar-refractivity contribution in [1.82, 2.24) is 10.2 Å². The Morgan fingerprint density at radius 1 is 1.42 bits per heavy atom. The molecule has 1 amide bonds. The lowest BCUT2D eigenvalue weighted by Crippen LogP contribution is -2.41. The third-order valence-corrected chi connectivity index (χ3v) is 3.27. The lowest BCUT2D eigenvalue weighted by molar-refractivity contribution is 0.0383. The van der Waals surface area contributed by atoms with Crippen LogP contribution in [0.2, 0.25) is 0 Å². The number of nitrogens with one attached hydrogen (secondary N) is 1. The van der Waals surface area contributed by atoms with Crippen LogP contribution in [-0.2, 0) is 4.74 Å². The maximum absolute atomic E-state index is 12.0. The molecule has 1 aromatic rings. The van der Waals surface area contributed by atoms with Crippen LogP contribution in [0.5, 0.6) is 0 Å². The van der Waals surface area contributed by atoms with Gasteiger partial charge in [0.05, 0.1) is 18.8 Å². The molecule has 3 N–H and O–H groups in total. The first kappa shape index (κ1) is 13.8. The van der Waals surface area contributed by atoms with E-state index >= 15 is 0 Å². The van der Waals surface area contributed by atoms with Gasteiger partial charge in [0.1, 0.15) is 0 Å². The molecule has 1 aromatic carbocycles. The average molecular weight is 263 g/mol. The third kappa shape index (κ3) is 3.94. The number of hydrogen-bond donors (Lipinski definition) is 2. The van der Waals surface area contributed by atoms with E-state index in [9.17, 15) is 4.79 Å². The van der Waals surface area contributed by atoms with Gasteiger partial charge >= 0.3 is 0 Å². The highest BCUT2D eigenvalue weighted by Gasteiger charge is 2.12. The highest BCUT2D eigenvalue weighted by molar-refractivity contribution is 5.99. The van der Waals surface area contributed by atoms with E-state index in [0.717, 1.165) is 38.4 Å². The minimum absolute atomic E-state index is 0.106. The topological polar surface area (TPSA) is 67.6 Å². The van der Waals surface area contributed by atoms with Crippen LogP contribution < -0.4 is 11.1 Å². The number of benzene rings is 1. The van der Waals surface area contributed by atoms with Crippen LogP contribution in [0.1, 0.15) is 15.9 Å². The molecule has 19 heavy (non-hydrogen) atoms. The molecule has 5 nitrogen and oxygen atoms in total. The van der Waals surface area contributed by atoms with Gasteiger partial charge in [-0.2, -0.15) is 0 Å². The maximum Gasteiger partial charge on any atom is 0.253 e. The summed E-state index contributed by atoms with van der Waals surface area (Å²) >= 11 is 0. The van der Waals surface area contributed by atoms with Crippen molar-refractivity contribution in [1.29, 1.82) is 0 Å². The zero-order valence-electron chi connectivity index (χ0n) is 11.3. The van der Waals surface area contributed by atoms with E-state index in [1.807, 2.05) is 19.1 Å². The SMILES string of the molecule is Cc1ccc(C(=O)NCCN2CCOCC2)c(N)c1. The zero-order chi connectivity index (χ0) is 13.7. The molecule has 2 rings (SSSR count). The first-order valence-electron chi connectivity index (χ1n) is 6.61. The lowest BCUT2D eigenvalue weighted by atomic mass is 10.1. The molecule has 0 unspecified atom stereocenters. The van der Waals surface area contributed by atoms with Crippen molar-refractivity contribution < 1.29 is 9.53 Å². The smallest absolute Gasteiger partial charge is 0.253 e. The number of morpholine rings is 1. The zero-order valence-corrected chi connectivity index (χ0v) is 11.3. The summed E-state index contributed by atoms with van der Waals surface area (Å²) in [5, 5.41) is 2.91. The van der Waals surface area contributed by atoms with Crippen LogP contribution in [-0.4, -0.2) is 50.2 Å². The summed E-state index contributed by atoms with van der Waals surface area (Å²) in [4.78, 5) is 14.3. The Labute approximate surface area is 113 Å². The van der Waals surface area contributed by atoms with Crippen molar-refractivity contribution in [2.45, 2.75) is 6.92 Å². The molecule has 1 heterocycles. The minimum Gasteiger partial charge on any atom is -0.398 e. The monoisotopic (exact) mass is 263 g/mol. The Kier molecular flexibility index (Phi) is 4.76. The number of nitrogens with zero attached hydrogens (tertiary/aromatic N) is 1. The van der Waals surface area contributed by atoms with E-state index in [1.54, 1.807) is 6.07 Å². The number of aryl methyl sites for hydroxylation is 1. The van der Waals surface area contributed by atoms with Gasteiger partial charge in [0, 0.05) is 31.9 Å². The van der Waals surface area contributed by atoms with Crippen molar-refractivity contribution in [3.8, 4) is 0 Å². The van der Waals surface area contributed by atoms with Gasteiger partial charge in [-0.1, -0.05) is 6.07 Å². The van der Waals surface area contributed by atoms with Crippen LogP contribution in [0.3, 0.4) is 0 Å². The predicted octanol–water partition coefficient (Wildman–Crippen LogP) is 0.639. The number of ether oxygens (including phenoxy) is 1. The van der Waals surface area contributed by atoms with Gasteiger partial charge in [0.15, 0.2) is 0 Å². The Morgan fingerprint density at radius 2 is 2.16 bits per heavy atom. The minimum atomic E-state index is -0.106. The molecule has 1 aliphatic heterocycles. The number of amides is 1. The maximum atomic E-state index is 12.0. The van der Waals surface area contributed by atoms with Crippen LogP contribution in [0.4, 0.5) is 5.69 Å². The van der Waals surface area contributed by atoms with Gasteiger partial charge in [-0.25, -0.2) is 0 Å². The molecule has 0 atom stereocenters. The summed E-state index contributed by atoms with van der Waals surface area (Å²) in [6.45, 7) is 6.85. The second-order valence-electron chi connectivity index (χ2n) is 4.80. The molecule has 0 aromatic heterocycles. The van der Waals surface area contributed by atoms with E-state index in [-0.39, 0.29) is 5.91 Å². The second kappa shape index (κ2) is 6.54. The van der Waals surface area contributed by atoms with E-state index in [0.29, 0.717) is 17.8 Å². The number of carbonyl (C=O) groups is 1. The average Bonchev–Trinajstić information content (AvgIpc) is 2.39. The quantitative estimate of drug-likeness (QED) is 0.782. The van der Waals surface area contributed by atoms with Gasteiger partial charge in [-0.15, -0.1) is 0 Å².